The summed E-state index contributed by atoms with van der Waals surface area (Å²) in [7, 11) is 1.50. The summed E-state index contributed by atoms with van der Waals surface area (Å²) in [6.07, 6.45) is 5.47. The molecule has 40 heavy (non-hydrogen) atoms. The molecule has 0 saturated carbocycles. The van der Waals surface area contributed by atoms with Crippen molar-refractivity contribution in [1.82, 2.24) is 0 Å². The minimum absolute atomic E-state index is 0.285. The van der Waals surface area contributed by atoms with Crippen molar-refractivity contribution in [2.24, 2.45) is 0 Å². The average Bonchev–Trinajstić information content (AvgIpc) is 2.99. The molecule has 0 atom stereocenters. The Hall–Kier alpha value is -4.59. The van der Waals surface area contributed by atoms with Crippen LogP contribution in [0, 0.1) is 0 Å². The Balaban J connectivity index is 1.47. The molecule has 8 heteroatoms. The number of methoxy groups -OCH3 is 1. The van der Waals surface area contributed by atoms with Crippen LogP contribution in [0.3, 0.4) is 0 Å². The van der Waals surface area contributed by atoms with Gasteiger partial charge in [0.15, 0.2) is 11.5 Å². The molecule has 8 nitrogen and oxygen atoms in total. The van der Waals surface area contributed by atoms with Gasteiger partial charge in [0.25, 0.3) is 0 Å². The van der Waals surface area contributed by atoms with E-state index < -0.39 is 17.9 Å². The fraction of sp³-hybridized carbons (Fsp3) is 0.281. The van der Waals surface area contributed by atoms with Gasteiger partial charge in [-0.2, -0.15) is 0 Å². The first-order chi connectivity index (χ1) is 19.4. The molecule has 3 aromatic rings. The lowest BCUT2D eigenvalue weighted by Crippen LogP contribution is -2.10. The van der Waals surface area contributed by atoms with Crippen LogP contribution in [0.2, 0.25) is 0 Å². The Labute approximate surface area is 234 Å². The summed E-state index contributed by atoms with van der Waals surface area (Å²) < 4.78 is 27.0. The largest absolute Gasteiger partial charge is 0.493 e. The zero-order valence-corrected chi connectivity index (χ0v) is 22.9. The molecule has 3 rings (SSSR count). The molecule has 0 N–H and O–H groups in total. The van der Waals surface area contributed by atoms with Crippen LogP contribution in [0.5, 0.6) is 23.0 Å². The third-order valence-corrected chi connectivity index (χ3v) is 5.95. The molecule has 0 unspecified atom stereocenters. The van der Waals surface area contributed by atoms with Gasteiger partial charge < -0.3 is 23.7 Å². The number of carbonyl (C=O) groups excluding carboxylic acids is 3. The van der Waals surface area contributed by atoms with Gasteiger partial charge in [-0.3, -0.25) is 0 Å². The molecule has 0 fully saturated rings. The number of esters is 3. The zero-order chi connectivity index (χ0) is 28.7. The smallest absolute Gasteiger partial charge is 0.343 e. The number of unbranched alkanes of at least 4 members (excludes halogenated alkanes) is 3. The molecule has 0 spiro atoms. The second-order valence-corrected chi connectivity index (χ2v) is 8.80. The molecule has 210 valence electrons. The zero-order valence-electron chi connectivity index (χ0n) is 22.9. The predicted molar refractivity (Wildman–Crippen MR) is 150 cm³/mol. The van der Waals surface area contributed by atoms with Crippen molar-refractivity contribution in [3.8, 4) is 23.0 Å². The highest BCUT2D eigenvalue weighted by Gasteiger charge is 2.15. The van der Waals surface area contributed by atoms with Gasteiger partial charge in [-0.15, -0.1) is 0 Å². The number of aryl methyl sites for hydroxylation is 1. The molecule has 0 aliphatic carbocycles. The van der Waals surface area contributed by atoms with Gasteiger partial charge in [-0.05, 0) is 92.3 Å². The number of hydrogen-bond donors (Lipinski definition) is 0. The van der Waals surface area contributed by atoms with Crippen molar-refractivity contribution in [2.75, 3.05) is 20.3 Å². The SMILES string of the molecule is C=CC(=O)OCCCCCCOc1ccc(C(=O)Oc2ccc(C(=O)Oc3ccc(CC)cc3)cc2)cc1OC. The number of hydrogen-bond acceptors (Lipinski definition) is 8. The van der Waals surface area contributed by atoms with E-state index in [4.69, 9.17) is 23.7 Å². The van der Waals surface area contributed by atoms with Gasteiger partial charge in [0, 0.05) is 6.08 Å². The molecule has 0 aromatic heterocycles. The molecule has 0 saturated heterocycles. The maximum Gasteiger partial charge on any atom is 0.343 e. The predicted octanol–water partition coefficient (Wildman–Crippen LogP) is 6.36. The number of ether oxygens (including phenoxy) is 5. The minimum Gasteiger partial charge on any atom is -0.493 e. The molecule has 0 bridgehead atoms. The number of carbonyl (C=O) groups is 3. The van der Waals surface area contributed by atoms with Crippen molar-refractivity contribution in [2.45, 2.75) is 39.0 Å². The normalized spacial score (nSPS) is 10.3. The average molecular weight is 547 g/mol. The number of rotatable bonds is 15. The van der Waals surface area contributed by atoms with Crippen molar-refractivity contribution < 1.29 is 38.1 Å². The third-order valence-electron chi connectivity index (χ3n) is 5.95. The summed E-state index contributed by atoms with van der Waals surface area (Å²) in [5, 5.41) is 0. The Kier molecular flexibility index (Phi) is 11.8. The van der Waals surface area contributed by atoms with Crippen LogP contribution in [-0.4, -0.2) is 38.2 Å². The Bertz CT molecular complexity index is 1280. The highest BCUT2D eigenvalue weighted by molar-refractivity contribution is 5.93. The first-order valence-corrected chi connectivity index (χ1v) is 13.2. The van der Waals surface area contributed by atoms with Crippen LogP contribution in [-0.2, 0) is 16.0 Å². The molecular weight excluding hydrogens is 512 g/mol. The maximum absolute atomic E-state index is 12.7. The summed E-state index contributed by atoms with van der Waals surface area (Å²) >= 11 is 0. The highest BCUT2D eigenvalue weighted by Crippen LogP contribution is 2.29. The van der Waals surface area contributed by atoms with E-state index in [9.17, 15) is 14.4 Å². The molecule has 0 amide bonds. The van der Waals surface area contributed by atoms with E-state index in [2.05, 4.69) is 13.5 Å². The van der Waals surface area contributed by atoms with E-state index in [1.54, 1.807) is 30.3 Å². The molecule has 3 aromatic carbocycles. The van der Waals surface area contributed by atoms with Gasteiger partial charge >= 0.3 is 17.9 Å². The van der Waals surface area contributed by atoms with E-state index in [0.29, 0.717) is 36.0 Å². The summed E-state index contributed by atoms with van der Waals surface area (Å²) in [6, 6.07) is 18.3. The van der Waals surface area contributed by atoms with Crippen LogP contribution in [0.25, 0.3) is 0 Å². The van der Waals surface area contributed by atoms with Gasteiger partial charge in [-0.25, -0.2) is 14.4 Å². The molecule has 0 radical (unpaired) electrons. The van der Waals surface area contributed by atoms with Crippen LogP contribution >= 0.6 is 0 Å². The molecule has 0 heterocycles. The van der Waals surface area contributed by atoms with E-state index in [0.717, 1.165) is 43.7 Å². The second-order valence-electron chi connectivity index (χ2n) is 8.80. The van der Waals surface area contributed by atoms with E-state index in [1.807, 2.05) is 12.1 Å². The van der Waals surface area contributed by atoms with Gasteiger partial charge in [0.05, 0.1) is 31.5 Å². The summed E-state index contributed by atoms with van der Waals surface area (Å²) in [5.74, 6) is 0.189. The lowest BCUT2D eigenvalue weighted by atomic mass is 10.2. The molecule has 0 aliphatic heterocycles. The van der Waals surface area contributed by atoms with Gasteiger partial charge in [-0.1, -0.05) is 25.6 Å². The first kappa shape index (κ1) is 30.0. The topological polar surface area (TPSA) is 97.4 Å². The fourth-order valence-electron chi connectivity index (χ4n) is 3.67. The highest BCUT2D eigenvalue weighted by atomic mass is 16.5. The van der Waals surface area contributed by atoms with Gasteiger partial charge in [0.2, 0.25) is 0 Å². The summed E-state index contributed by atoms with van der Waals surface area (Å²) in [6.45, 7) is 6.27. The quantitative estimate of drug-likeness (QED) is 0.0940. The molecular formula is C32H34O8. The van der Waals surface area contributed by atoms with Crippen molar-refractivity contribution in [3.63, 3.8) is 0 Å². The first-order valence-electron chi connectivity index (χ1n) is 13.2. The monoisotopic (exact) mass is 546 g/mol. The van der Waals surface area contributed by atoms with Crippen molar-refractivity contribution >= 4 is 17.9 Å². The van der Waals surface area contributed by atoms with E-state index in [-0.39, 0.29) is 11.3 Å². The van der Waals surface area contributed by atoms with Crippen LogP contribution < -0.4 is 18.9 Å². The van der Waals surface area contributed by atoms with E-state index in [1.165, 1.54) is 31.4 Å². The fourth-order valence-corrected chi connectivity index (χ4v) is 3.67. The minimum atomic E-state index is -0.576. The van der Waals surface area contributed by atoms with E-state index >= 15 is 0 Å². The molecule has 0 aliphatic rings. The summed E-state index contributed by atoms with van der Waals surface area (Å²) in [5.41, 5.74) is 1.77. The standard InChI is InChI=1S/C32H34O8/c1-4-23-10-15-26(16-11-23)39-31(34)24-12-17-27(18-13-24)40-32(35)25-14-19-28(29(22-25)36-3)37-20-8-6-7-9-21-38-30(33)5-2/h5,10-19,22H,2,4,6-9,20-21H2,1,3H3. The lowest BCUT2D eigenvalue weighted by Gasteiger charge is -2.12. The van der Waals surface area contributed by atoms with Crippen LogP contribution in [0.4, 0.5) is 0 Å². The number of benzene rings is 3. The van der Waals surface area contributed by atoms with Crippen molar-refractivity contribution in [3.05, 3.63) is 96.1 Å². The van der Waals surface area contributed by atoms with Crippen LogP contribution in [0.15, 0.2) is 79.4 Å². The third kappa shape index (κ3) is 9.31. The van der Waals surface area contributed by atoms with Crippen LogP contribution in [0.1, 0.15) is 58.9 Å². The maximum atomic E-state index is 12.7. The summed E-state index contributed by atoms with van der Waals surface area (Å²) in [4.78, 5) is 36.1. The Morgan fingerprint density at radius 3 is 1.90 bits per heavy atom. The lowest BCUT2D eigenvalue weighted by molar-refractivity contribution is -0.137. The second kappa shape index (κ2) is 15.7. The van der Waals surface area contributed by atoms with Crippen molar-refractivity contribution in [1.29, 1.82) is 0 Å². The Morgan fingerprint density at radius 1 is 0.725 bits per heavy atom. The Morgan fingerprint density at radius 2 is 1.30 bits per heavy atom. The van der Waals surface area contributed by atoms with Gasteiger partial charge in [0.1, 0.15) is 11.5 Å².